The summed E-state index contributed by atoms with van der Waals surface area (Å²) in [5, 5.41) is 19.4. The first-order chi connectivity index (χ1) is 15.2. The van der Waals surface area contributed by atoms with Crippen LogP contribution in [0.2, 0.25) is 0 Å². The van der Waals surface area contributed by atoms with Gasteiger partial charge in [-0.1, -0.05) is 6.58 Å². The quantitative estimate of drug-likeness (QED) is 0.167. The van der Waals surface area contributed by atoms with Crippen molar-refractivity contribution < 1.29 is 14.6 Å². The standard InChI is InChI=1S/C25H34N4O3/c1-7-22(31)32-21-13-12-18(25(26)27)23(16(21)6)24-19(29(10-4)11-5)14-17(15-20(24)30)28(8-2)9-3/h7,12-15,30H,1,8-11H2,2-6H3,(H3,26,27). The fourth-order valence-electron chi connectivity index (χ4n) is 3.94. The van der Waals surface area contributed by atoms with Crippen molar-refractivity contribution in [1.82, 2.24) is 0 Å². The first kappa shape index (κ1) is 24.8. The molecular formula is C25H34N4O3. The zero-order valence-corrected chi connectivity index (χ0v) is 19.7. The number of hydrogen-bond acceptors (Lipinski definition) is 6. The van der Waals surface area contributed by atoms with Gasteiger partial charge in [-0.05, 0) is 52.8 Å². The Bertz CT molecular complexity index is 1010. The van der Waals surface area contributed by atoms with E-state index in [1.54, 1.807) is 25.1 Å². The molecule has 7 nitrogen and oxygen atoms in total. The highest BCUT2D eigenvalue weighted by Crippen LogP contribution is 2.46. The third kappa shape index (κ3) is 4.88. The molecule has 2 aromatic carbocycles. The smallest absolute Gasteiger partial charge is 0.335 e. The van der Waals surface area contributed by atoms with Crippen LogP contribution in [0.5, 0.6) is 11.5 Å². The lowest BCUT2D eigenvalue weighted by Crippen LogP contribution is -2.25. The molecule has 0 fully saturated rings. The topological polar surface area (TPSA) is 103 Å². The molecule has 0 spiro atoms. The lowest BCUT2D eigenvalue weighted by atomic mass is 9.91. The summed E-state index contributed by atoms with van der Waals surface area (Å²) in [5.74, 6) is -0.316. The summed E-state index contributed by atoms with van der Waals surface area (Å²) >= 11 is 0. The first-order valence-corrected chi connectivity index (χ1v) is 10.9. The number of carbonyl (C=O) groups is 1. The number of nitrogens with one attached hydrogen (secondary N) is 1. The second-order valence-electron chi connectivity index (χ2n) is 7.35. The molecule has 7 heteroatoms. The molecule has 172 valence electrons. The summed E-state index contributed by atoms with van der Waals surface area (Å²) in [6, 6.07) is 7.04. The number of phenols is 1. The molecule has 0 unspecified atom stereocenters. The van der Waals surface area contributed by atoms with Crippen LogP contribution in [0.25, 0.3) is 11.1 Å². The number of nitrogens with zero attached hydrogens (tertiary/aromatic N) is 2. The number of hydrogen-bond donors (Lipinski definition) is 3. The van der Waals surface area contributed by atoms with Crippen LogP contribution in [0.15, 0.2) is 36.9 Å². The van der Waals surface area contributed by atoms with Gasteiger partial charge in [0, 0.05) is 66.3 Å². The summed E-state index contributed by atoms with van der Waals surface area (Å²) in [4.78, 5) is 16.2. The fraction of sp³-hybridized carbons (Fsp3) is 0.360. The van der Waals surface area contributed by atoms with Crippen LogP contribution >= 0.6 is 0 Å². The molecule has 0 aromatic heterocycles. The van der Waals surface area contributed by atoms with Crippen LogP contribution in [0, 0.1) is 12.3 Å². The Hall–Kier alpha value is -3.48. The number of rotatable bonds is 10. The van der Waals surface area contributed by atoms with Crippen LogP contribution in [-0.2, 0) is 4.79 Å². The van der Waals surface area contributed by atoms with E-state index in [9.17, 15) is 9.90 Å². The minimum atomic E-state index is -0.584. The van der Waals surface area contributed by atoms with Gasteiger partial charge in [-0.25, -0.2) is 4.79 Å². The van der Waals surface area contributed by atoms with Gasteiger partial charge in [-0.15, -0.1) is 0 Å². The number of ether oxygens (including phenoxy) is 1. The number of esters is 1. The first-order valence-electron chi connectivity index (χ1n) is 10.9. The van der Waals surface area contributed by atoms with Gasteiger partial charge in [0.05, 0.1) is 5.69 Å². The predicted octanol–water partition coefficient (Wildman–Crippen LogP) is 4.44. The van der Waals surface area contributed by atoms with Crippen molar-refractivity contribution in [1.29, 1.82) is 5.41 Å². The zero-order valence-electron chi connectivity index (χ0n) is 19.7. The molecular weight excluding hydrogens is 404 g/mol. The Morgan fingerprint density at radius 2 is 1.69 bits per heavy atom. The molecule has 0 saturated carbocycles. The van der Waals surface area contributed by atoms with E-state index in [2.05, 4.69) is 50.1 Å². The molecule has 0 bridgehead atoms. The highest BCUT2D eigenvalue weighted by molar-refractivity contribution is 6.06. The van der Waals surface area contributed by atoms with Gasteiger partial charge < -0.3 is 25.4 Å². The Balaban J connectivity index is 2.93. The van der Waals surface area contributed by atoms with Gasteiger partial charge >= 0.3 is 5.97 Å². The Kier molecular flexibility index (Phi) is 8.29. The van der Waals surface area contributed by atoms with Crippen molar-refractivity contribution in [3.05, 3.63) is 48.0 Å². The minimum Gasteiger partial charge on any atom is -0.507 e. The van der Waals surface area contributed by atoms with Gasteiger partial charge in [0.25, 0.3) is 0 Å². The molecule has 32 heavy (non-hydrogen) atoms. The number of benzene rings is 2. The zero-order chi connectivity index (χ0) is 24.0. The number of aromatic hydroxyl groups is 1. The lowest BCUT2D eigenvalue weighted by Gasteiger charge is -2.30. The molecule has 0 atom stereocenters. The molecule has 0 aliphatic heterocycles. The number of nitrogen functional groups attached to an aromatic ring is 1. The van der Waals surface area contributed by atoms with Gasteiger partial charge in [0.2, 0.25) is 0 Å². The maximum Gasteiger partial charge on any atom is 0.335 e. The highest BCUT2D eigenvalue weighted by atomic mass is 16.5. The van der Waals surface area contributed by atoms with Crippen LogP contribution in [0.3, 0.4) is 0 Å². The van der Waals surface area contributed by atoms with Crippen LogP contribution in [-0.4, -0.2) is 43.1 Å². The van der Waals surface area contributed by atoms with Gasteiger partial charge in [0.15, 0.2) is 0 Å². The molecule has 0 aliphatic rings. The number of nitrogens with two attached hydrogens (primary N) is 1. The number of phenolic OH excluding ortho intramolecular Hbond substituents is 1. The van der Waals surface area contributed by atoms with E-state index in [1.165, 1.54) is 0 Å². The van der Waals surface area contributed by atoms with E-state index >= 15 is 0 Å². The third-order valence-corrected chi connectivity index (χ3v) is 5.65. The second-order valence-corrected chi connectivity index (χ2v) is 7.35. The van der Waals surface area contributed by atoms with E-state index in [0.717, 1.165) is 43.6 Å². The Labute approximate surface area is 190 Å². The summed E-state index contributed by atoms with van der Waals surface area (Å²) in [7, 11) is 0. The average molecular weight is 439 g/mol. The van der Waals surface area contributed by atoms with Crippen molar-refractivity contribution in [2.75, 3.05) is 36.0 Å². The summed E-state index contributed by atoms with van der Waals surface area (Å²) in [5.41, 5.74) is 9.85. The number of anilines is 2. The Morgan fingerprint density at radius 1 is 1.09 bits per heavy atom. The minimum absolute atomic E-state index is 0.0779. The normalized spacial score (nSPS) is 10.5. The SMILES string of the molecule is C=CC(=O)Oc1ccc(C(=N)N)c(-c2c(O)cc(N(CC)CC)cc2N(CC)CC)c1C. The molecule has 0 amide bonds. The monoisotopic (exact) mass is 438 g/mol. The molecule has 4 N–H and O–H groups in total. The van der Waals surface area contributed by atoms with Crippen molar-refractivity contribution >= 4 is 23.2 Å². The average Bonchev–Trinajstić information content (AvgIpc) is 2.77. The highest BCUT2D eigenvalue weighted by Gasteiger charge is 2.24. The molecule has 0 heterocycles. The van der Waals surface area contributed by atoms with E-state index in [4.69, 9.17) is 15.9 Å². The number of carbonyl (C=O) groups excluding carboxylic acids is 1. The Morgan fingerprint density at radius 3 is 2.19 bits per heavy atom. The van der Waals surface area contributed by atoms with E-state index < -0.39 is 5.97 Å². The molecule has 2 rings (SSSR count). The second kappa shape index (κ2) is 10.7. The maximum absolute atomic E-state index is 11.9. The third-order valence-electron chi connectivity index (χ3n) is 5.65. The largest absolute Gasteiger partial charge is 0.507 e. The predicted molar refractivity (Wildman–Crippen MR) is 132 cm³/mol. The van der Waals surface area contributed by atoms with Crippen LogP contribution in [0.4, 0.5) is 11.4 Å². The van der Waals surface area contributed by atoms with Crippen LogP contribution < -0.4 is 20.3 Å². The lowest BCUT2D eigenvalue weighted by molar-refractivity contribution is -0.129. The maximum atomic E-state index is 11.9. The van der Waals surface area contributed by atoms with Crippen LogP contribution in [0.1, 0.15) is 38.8 Å². The van der Waals surface area contributed by atoms with Crippen molar-refractivity contribution in [2.45, 2.75) is 34.6 Å². The van der Waals surface area contributed by atoms with Crippen molar-refractivity contribution in [2.24, 2.45) is 5.73 Å². The van der Waals surface area contributed by atoms with E-state index in [-0.39, 0.29) is 11.6 Å². The molecule has 0 saturated heterocycles. The van der Waals surface area contributed by atoms with E-state index in [0.29, 0.717) is 28.0 Å². The molecule has 2 aromatic rings. The van der Waals surface area contributed by atoms with Crippen molar-refractivity contribution in [3.8, 4) is 22.6 Å². The van der Waals surface area contributed by atoms with Crippen molar-refractivity contribution in [3.63, 3.8) is 0 Å². The summed E-state index contributed by atoms with van der Waals surface area (Å²) < 4.78 is 5.41. The van der Waals surface area contributed by atoms with E-state index in [1.807, 2.05) is 0 Å². The van der Waals surface area contributed by atoms with Gasteiger partial charge in [-0.2, -0.15) is 0 Å². The fourth-order valence-corrected chi connectivity index (χ4v) is 3.94. The van der Waals surface area contributed by atoms with Gasteiger partial charge in [-0.3, -0.25) is 5.41 Å². The summed E-state index contributed by atoms with van der Waals surface area (Å²) in [6.07, 6.45) is 1.09. The molecule has 0 aliphatic carbocycles. The van der Waals surface area contributed by atoms with Gasteiger partial charge in [0.1, 0.15) is 17.3 Å². The number of amidine groups is 1. The molecule has 0 radical (unpaired) electrons. The summed E-state index contributed by atoms with van der Waals surface area (Å²) in [6.45, 7) is 16.5.